The maximum Gasteiger partial charge on any atom is 0.347 e. The maximum atomic E-state index is 11.2. The van der Waals surface area contributed by atoms with E-state index in [1.54, 1.807) is 0 Å². The number of nitrogens with one attached hydrogen (secondary N) is 2. The molecule has 18 heavy (non-hydrogen) atoms. The van der Waals surface area contributed by atoms with Gasteiger partial charge in [-0.1, -0.05) is 6.07 Å². The average molecular weight is 240 g/mol. The molecule has 90 valence electrons. The molecule has 5 nitrogen and oxygen atoms in total. The quantitative estimate of drug-likeness (QED) is 0.841. The Morgan fingerprint density at radius 3 is 2.72 bits per heavy atom. The molecule has 2 aromatic rings. The minimum Gasteiger partial charge on any atom is -0.340 e. The highest BCUT2D eigenvalue weighted by Crippen LogP contribution is 2.17. The van der Waals surface area contributed by atoms with Gasteiger partial charge in [0.2, 0.25) is 0 Å². The first-order valence-electron chi connectivity index (χ1n) is 5.44. The number of benzene rings is 1. The first-order chi connectivity index (χ1) is 8.58. The van der Waals surface area contributed by atoms with Crippen LogP contribution in [0.1, 0.15) is 16.8 Å². The summed E-state index contributed by atoms with van der Waals surface area (Å²) in [6, 6.07) is 9.22. The minimum absolute atomic E-state index is 0.182. The lowest BCUT2D eigenvalue weighted by atomic mass is 10.1. The Balaban J connectivity index is 2.34. The summed E-state index contributed by atoms with van der Waals surface area (Å²) >= 11 is 0. The zero-order valence-corrected chi connectivity index (χ0v) is 10.1. The Morgan fingerprint density at radius 2 is 2.06 bits per heavy atom. The van der Waals surface area contributed by atoms with Crippen molar-refractivity contribution in [2.24, 2.45) is 0 Å². The van der Waals surface area contributed by atoms with E-state index < -0.39 is 5.69 Å². The lowest BCUT2D eigenvalue weighted by molar-refractivity contribution is 1.06. The summed E-state index contributed by atoms with van der Waals surface area (Å²) in [7, 11) is 0. The van der Waals surface area contributed by atoms with Crippen LogP contribution in [-0.2, 0) is 0 Å². The SMILES string of the molecule is Cc1ccc(Nc2cc(C#N)[nH]c(=O)n2)cc1C. The molecule has 0 radical (unpaired) electrons. The lowest BCUT2D eigenvalue weighted by Gasteiger charge is -2.07. The number of nitrogens with zero attached hydrogens (tertiary/aromatic N) is 2. The van der Waals surface area contributed by atoms with Crippen LogP contribution in [0.3, 0.4) is 0 Å². The van der Waals surface area contributed by atoms with Gasteiger partial charge >= 0.3 is 5.69 Å². The topological polar surface area (TPSA) is 81.6 Å². The fourth-order valence-electron chi connectivity index (χ4n) is 1.55. The summed E-state index contributed by atoms with van der Waals surface area (Å²) in [6.45, 7) is 4.03. The van der Waals surface area contributed by atoms with E-state index in [4.69, 9.17) is 5.26 Å². The molecule has 0 unspecified atom stereocenters. The van der Waals surface area contributed by atoms with Crippen LogP contribution in [0, 0.1) is 25.2 Å². The van der Waals surface area contributed by atoms with Crippen molar-refractivity contribution in [1.29, 1.82) is 5.26 Å². The van der Waals surface area contributed by atoms with Crippen molar-refractivity contribution in [3.63, 3.8) is 0 Å². The van der Waals surface area contributed by atoms with Crippen LogP contribution in [0.5, 0.6) is 0 Å². The Labute approximate surface area is 104 Å². The second-order valence-electron chi connectivity index (χ2n) is 4.02. The summed E-state index contributed by atoms with van der Waals surface area (Å²) in [5.74, 6) is 0.360. The number of nitriles is 1. The number of aromatic nitrogens is 2. The van der Waals surface area contributed by atoms with E-state index in [9.17, 15) is 4.79 Å². The van der Waals surface area contributed by atoms with Crippen molar-refractivity contribution in [3.8, 4) is 6.07 Å². The van der Waals surface area contributed by atoms with Gasteiger partial charge in [0.15, 0.2) is 0 Å². The number of hydrogen-bond donors (Lipinski definition) is 2. The standard InChI is InChI=1S/C13H12N4O/c1-8-3-4-10(5-9(8)2)15-12-6-11(7-14)16-13(18)17-12/h3-6H,1-2H3,(H2,15,16,17,18). The van der Waals surface area contributed by atoms with Gasteiger partial charge < -0.3 is 5.32 Å². The predicted octanol–water partition coefficient (Wildman–Crippen LogP) is 2.00. The number of hydrogen-bond acceptors (Lipinski definition) is 4. The zero-order valence-electron chi connectivity index (χ0n) is 10.1. The Hall–Kier alpha value is -2.61. The molecule has 1 aromatic heterocycles. The molecule has 0 saturated carbocycles. The van der Waals surface area contributed by atoms with Crippen LogP contribution in [-0.4, -0.2) is 9.97 Å². The van der Waals surface area contributed by atoms with Gasteiger partial charge in [-0.2, -0.15) is 10.2 Å². The van der Waals surface area contributed by atoms with E-state index in [1.807, 2.05) is 38.1 Å². The Bertz CT molecular complexity index is 682. The van der Waals surface area contributed by atoms with E-state index in [0.717, 1.165) is 11.3 Å². The molecule has 0 bridgehead atoms. The first kappa shape index (κ1) is 11.9. The molecular weight excluding hydrogens is 228 g/mol. The second kappa shape index (κ2) is 4.72. The summed E-state index contributed by atoms with van der Waals surface area (Å²) in [5.41, 5.74) is 2.81. The first-order valence-corrected chi connectivity index (χ1v) is 5.44. The molecule has 0 amide bonds. The van der Waals surface area contributed by atoms with E-state index >= 15 is 0 Å². The fraction of sp³-hybridized carbons (Fsp3) is 0.154. The molecule has 0 spiro atoms. The molecular formula is C13H12N4O. The lowest BCUT2D eigenvalue weighted by Crippen LogP contribution is -2.13. The van der Waals surface area contributed by atoms with Crippen molar-refractivity contribution in [3.05, 3.63) is 51.6 Å². The van der Waals surface area contributed by atoms with Crippen LogP contribution in [0.4, 0.5) is 11.5 Å². The third kappa shape index (κ3) is 2.55. The van der Waals surface area contributed by atoms with E-state index in [-0.39, 0.29) is 5.69 Å². The summed E-state index contributed by atoms with van der Waals surface area (Å²) in [5, 5.41) is 11.8. The van der Waals surface area contributed by atoms with Crippen LogP contribution in [0.25, 0.3) is 0 Å². The van der Waals surface area contributed by atoms with Gasteiger partial charge in [-0.25, -0.2) is 4.79 Å². The molecule has 0 saturated heterocycles. The van der Waals surface area contributed by atoms with E-state index in [0.29, 0.717) is 5.82 Å². The zero-order chi connectivity index (χ0) is 13.1. The van der Waals surface area contributed by atoms with Gasteiger partial charge in [-0.15, -0.1) is 0 Å². The largest absolute Gasteiger partial charge is 0.347 e. The number of aryl methyl sites for hydroxylation is 2. The number of H-pyrrole nitrogens is 1. The second-order valence-corrected chi connectivity index (χ2v) is 4.02. The Morgan fingerprint density at radius 1 is 1.28 bits per heavy atom. The molecule has 5 heteroatoms. The summed E-state index contributed by atoms with van der Waals surface area (Å²) in [4.78, 5) is 17.3. The molecule has 2 N–H and O–H groups in total. The molecule has 0 aliphatic carbocycles. The number of anilines is 2. The highest BCUT2D eigenvalue weighted by molar-refractivity contribution is 5.58. The third-order valence-electron chi connectivity index (χ3n) is 2.64. The highest BCUT2D eigenvalue weighted by Gasteiger charge is 2.02. The van der Waals surface area contributed by atoms with Crippen LogP contribution in [0.2, 0.25) is 0 Å². The Kier molecular flexibility index (Phi) is 3.11. The smallest absolute Gasteiger partial charge is 0.340 e. The molecule has 0 aliphatic heterocycles. The molecule has 0 atom stereocenters. The molecule has 1 aromatic carbocycles. The van der Waals surface area contributed by atoms with Gasteiger partial charge in [0.1, 0.15) is 17.6 Å². The minimum atomic E-state index is -0.541. The van der Waals surface area contributed by atoms with E-state index in [1.165, 1.54) is 11.6 Å². The van der Waals surface area contributed by atoms with Crippen molar-refractivity contribution >= 4 is 11.5 Å². The van der Waals surface area contributed by atoms with Crippen molar-refractivity contribution < 1.29 is 0 Å². The number of rotatable bonds is 2. The van der Waals surface area contributed by atoms with Gasteiger partial charge in [0.25, 0.3) is 0 Å². The van der Waals surface area contributed by atoms with Crippen molar-refractivity contribution in [2.45, 2.75) is 13.8 Å². The monoisotopic (exact) mass is 240 g/mol. The van der Waals surface area contributed by atoms with Crippen LogP contribution < -0.4 is 11.0 Å². The number of aromatic amines is 1. The van der Waals surface area contributed by atoms with Crippen LogP contribution >= 0.6 is 0 Å². The van der Waals surface area contributed by atoms with Gasteiger partial charge in [0, 0.05) is 11.8 Å². The predicted molar refractivity (Wildman–Crippen MR) is 68.8 cm³/mol. The van der Waals surface area contributed by atoms with Gasteiger partial charge in [0.05, 0.1) is 0 Å². The van der Waals surface area contributed by atoms with Crippen molar-refractivity contribution in [2.75, 3.05) is 5.32 Å². The highest BCUT2D eigenvalue weighted by atomic mass is 16.1. The van der Waals surface area contributed by atoms with Crippen molar-refractivity contribution in [1.82, 2.24) is 9.97 Å². The summed E-state index contributed by atoms with van der Waals surface area (Å²) in [6.07, 6.45) is 0. The normalized spacial score (nSPS) is 9.83. The van der Waals surface area contributed by atoms with Gasteiger partial charge in [-0.3, -0.25) is 4.98 Å². The maximum absolute atomic E-state index is 11.2. The molecule has 0 fully saturated rings. The molecule has 0 aliphatic rings. The third-order valence-corrected chi connectivity index (χ3v) is 2.64. The van der Waals surface area contributed by atoms with Gasteiger partial charge in [-0.05, 0) is 37.1 Å². The van der Waals surface area contributed by atoms with E-state index in [2.05, 4.69) is 15.3 Å². The fourth-order valence-corrected chi connectivity index (χ4v) is 1.55. The van der Waals surface area contributed by atoms with Crippen LogP contribution in [0.15, 0.2) is 29.1 Å². The molecule has 1 heterocycles. The molecule has 2 rings (SSSR count). The summed E-state index contributed by atoms with van der Waals surface area (Å²) < 4.78 is 0. The average Bonchev–Trinajstić information content (AvgIpc) is 2.33.